The van der Waals surface area contributed by atoms with Crippen molar-refractivity contribution >= 4 is 41.7 Å². The summed E-state index contributed by atoms with van der Waals surface area (Å²) in [5.74, 6) is 0.750. The van der Waals surface area contributed by atoms with Gasteiger partial charge in [0.05, 0.1) is 0 Å². The van der Waals surface area contributed by atoms with E-state index in [4.69, 9.17) is 17.3 Å². The van der Waals surface area contributed by atoms with Gasteiger partial charge in [-0.2, -0.15) is 0 Å². The summed E-state index contributed by atoms with van der Waals surface area (Å²) in [6.45, 7) is 4.20. The topological polar surface area (TPSA) is 55.1 Å². The number of carbonyl (C=O) groups is 1. The highest BCUT2D eigenvalue weighted by atomic mass is 35.5. The first kappa shape index (κ1) is 20.8. The third kappa shape index (κ3) is 7.14. The molecular weight excluding hydrogens is 363 g/mol. The van der Waals surface area contributed by atoms with E-state index in [1.807, 2.05) is 62.4 Å². The minimum Gasteiger partial charge on any atom is -0.350 e. The molecule has 0 radical (unpaired) electrons. The van der Waals surface area contributed by atoms with E-state index in [1.165, 1.54) is 10.5 Å². The highest BCUT2D eigenvalue weighted by Crippen LogP contribution is 2.24. The normalized spacial score (nSPS) is 10.8. The average molecular weight is 385 g/mol. The summed E-state index contributed by atoms with van der Waals surface area (Å²) in [4.78, 5) is 13.2. The largest absolute Gasteiger partial charge is 0.350 e. The van der Waals surface area contributed by atoms with E-state index in [9.17, 15) is 4.79 Å². The molecule has 0 atom stereocenters. The van der Waals surface area contributed by atoms with Gasteiger partial charge in [0, 0.05) is 33.3 Å². The Morgan fingerprint density at radius 1 is 1.12 bits per heavy atom. The van der Waals surface area contributed by atoms with Crippen LogP contribution in [0.1, 0.15) is 29.8 Å². The van der Waals surface area contributed by atoms with Gasteiger partial charge in [0.1, 0.15) is 0 Å². The summed E-state index contributed by atoms with van der Waals surface area (Å²) in [5, 5.41) is 3.58. The Bertz CT molecular complexity index is 652. The number of nitrogens with two attached hydrogens (primary N) is 1. The number of rotatable bonds is 6. The van der Waals surface area contributed by atoms with Crippen molar-refractivity contribution in [3.05, 3.63) is 64.7 Å². The average Bonchev–Trinajstić information content (AvgIpc) is 2.52. The van der Waals surface area contributed by atoms with Gasteiger partial charge in [-0.25, -0.2) is 0 Å². The molecule has 2 rings (SSSR count). The summed E-state index contributed by atoms with van der Waals surface area (Å²) in [5.41, 5.74) is 7.27. The molecular formula is C18H22Cl2N2OS. The Balaban J connectivity index is 0.00000288. The molecule has 130 valence electrons. The van der Waals surface area contributed by atoms with Crippen LogP contribution in [-0.4, -0.2) is 18.0 Å². The van der Waals surface area contributed by atoms with E-state index in [0.717, 1.165) is 10.8 Å². The second-order valence-corrected chi connectivity index (χ2v) is 7.60. The Morgan fingerprint density at radius 3 is 2.25 bits per heavy atom. The Morgan fingerprint density at radius 2 is 1.71 bits per heavy atom. The van der Waals surface area contributed by atoms with Crippen molar-refractivity contribution in [2.24, 2.45) is 5.73 Å². The highest BCUT2D eigenvalue weighted by Gasteiger charge is 2.13. The monoisotopic (exact) mass is 384 g/mol. The first-order chi connectivity index (χ1) is 10.8. The lowest BCUT2D eigenvalue weighted by Gasteiger charge is -2.18. The Kier molecular flexibility index (Phi) is 8.10. The number of hydrogen-bond acceptors (Lipinski definition) is 3. The van der Waals surface area contributed by atoms with Crippen LogP contribution in [0.5, 0.6) is 0 Å². The fourth-order valence-electron chi connectivity index (χ4n) is 1.86. The minimum atomic E-state index is -0.412. The van der Waals surface area contributed by atoms with Crippen LogP contribution in [0.15, 0.2) is 53.4 Å². The highest BCUT2D eigenvalue weighted by molar-refractivity contribution is 7.98. The maximum absolute atomic E-state index is 12.0. The van der Waals surface area contributed by atoms with E-state index in [0.29, 0.717) is 12.1 Å². The lowest BCUT2D eigenvalue weighted by atomic mass is 10.1. The molecule has 2 aromatic carbocycles. The van der Waals surface area contributed by atoms with Gasteiger partial charge in [0.2, 0.25) is 0 Å². The zero-order chi connectivity index (χ0) is 16.9. The molecule has 0 saturated heterocycles. The molecule has 3 N–H and O–H groups in total. The number of benzene rings is 2. The molecule has 0 aromatic heterocycles. The van der Waals surface area contributed by atoms with E-state index < -0.39 is 5.54 Å². The molecule has 0 saturated carbocycles. The third-order valence-electron chi connectivity index (χ3n) is 3.14. The smallest absolute Gasteiger partial charge is 0.251 e. The first-order valence-corrected chi connectivity index (χ1v) is 8.74. The lowest BCUT2D eigenvalue weighted by molar-refractivity contribution is 0.0946. The summed E-state index contributed by atoms with van der Waals surface area (Å²) < 4.78 is 0. The van der Waals surface area contributed by atoms with Crippen molar-refractivity contribution < 1.29 is 4.79 Å². The molecule has 0 fully saturated rings. The van der Waals surface area contributed by atoms with E-state index in [-0.39, 0.29) is 18.3 Å². The van der Waals surface area contributed by atoms with Gasteiger partial charge in [0.15, 0.2) is 0 Å². The zero-order valence-corrected chi connectivity index (χ0v) is 16.1. The predicted octanol–water partition coefficient (Wildman–Crippen LogP) is 4.52. The second kappa shape index (κ2) is 9.33. The Labute approximate surface area is 158 Å². The first-order valence-electron chi connectivity index (χ1n) is 7.38. The number of nitrogens with one attached hydrogen (secondary N) is 1. The van der Waals surface area contributed by atoms with Gasteiger partial charge in [-0.3, -0.25) is 4.79 Å². The maximum atomic E-state index is 12.0. The minimum absolute atomic E-state index is 0. The zero-order valence-electron chi connectivity index (χ0n) is 13.7. The van der Waals surface area contributed by atoms with Crippen LogP contribution >= 0.6 is 35.8 Å². The van der Waals surface area contributed by atoms with E-state index >= 15 is 0 Å². The third-order valence-corrected chi connectivity index (χ3v) is 4.47. The Hall–Kier alpha value is -1.20. The fourth-order valence-corrected chi connectivity index (χ4v) is 2.84. The van der Waals surface area contributed by atoms with Crippen LogP contribution in [0, 0.1) is 0 Å². The molecule has 0 aliphatic heterocycles. The van der Waals surface area contributed by atoms with Crippen LogP contribution in [-0.2, 0) is 5.75 Å². The molecule has 0 spiro atoms. The fraction of sp³-hybridized carbons (Fsp3) is 0.278. The molecule has 24 heavy (non-hydrogen) atoms. The number of hydrogen-bond donors (Lipinski definition) is 2. The van der Waals surface area contributed by atoms with Crippen molar-refractivity contribution in [1.82, 2.24) is 5.32 Å². The summed E-state index contributed by atoms with van der Waals surface area (Å²) in [7, 11) is 0. The lowest BCUT2D eigenvalue weighted by Crippen LogP contribution is -2.45. The van der Waals surface area contributed by atoms with Crippen molar-refractivity contribution in [3.63, 3.8) is 0 Å². The predicted molar refractivity (Wildman–Crippen MR) is 105 cm³/mol. The number of halogens is 2. The van der Waals surface area contributed by atoms with Gasteiger partial charge in [-0.05, 0) is 55.8 Å². The van der Waals surface area contributed by atoms with E-state index in [1.54, 1.807) is 11.8 Å². The maximum Gasteiger partial charge on any atom is 0.251 e. The van der Waals surface area contributed by atoms with Crippen LogP contribution in [0.25, 0.3) is 0 Å². The molecule has 0 bridgehead atoms. The van der Waals surface area contributed by atoms with Crippen molar-refractivity contribution in [2.75, 3.05) is 6.54 Å². The van der Waals surface area contributed by atoms with Crippen molar-refractivity contribution in [1.29, 1.82) is 0 Å². The molecule has 0 aliphatic carbocycles. The van der Waals surface area contributed by atoms with Crippen LogP contribution in [0.3, 0.4) is 0 Å². The van der Waals surface area contributed by atoms with E-state index in [2.05, 4.69) is 5.32 Å². The van der Waals surface area contributed by atoms with Crippen molar-refractivity contribution in [2.45, 2.75) is 30.0 Å². The quantitative estimate of drug-likeness (QED) is 0.719. The van der Waals surface area contributed by atoms with Gasteiger partial charge < -0.3 is 11.1 Å². The standard InChI is InChI=1S/C18H21ClN2OS.ClH/c1-18(2,20)12-21-17(22)14-5-3-13(4-6-14)11-23-16-9-7-15(19)8-10-16;/h3-10H,11-12,20H2,1-2H3,(H,21,22);1H. The summed E-state index contributed by atoms with van der Waals surface area (Å²) in [6.07, 6.45) is 0. The van der Waals surface area contributed by atoms with Gasteiger partial charge >= 0.3 is 0 Å². The second-order valence-electron chi connectivity index (χ2n) is 6.11. The number of thioether (sulfide) groups is 1. The molecule has 6 heteroatoms. The van der Waals surface area contributed by atoms with Crippen LogP contribution < -0.4 is 11.1 Å². The van der Waals surface area contributed by atoms with Gasteiger partial charge in [0.25, 0.3) is 5.91 Å². The van der Waals surface area contributed by atoms with Gasteiger partial charge in [-0.1, -0.05) is 23.7 Å². The molecule has 2 aromatic rings. The number of carbonyl (C=O) groups excluding carboxylic acids is 1. The molecule has 0 aliphatic rings. The molecule has 3 nitrogen and oxygen atoms in total. The summed E-state index contributed by atoms with van der Waals surface area (Å²) >= 11 is 7.61. The number of amides is 1. The van der Waals surface area contributed by atoms with Crippen LogP contribution in [0.4, 0.5) is 0 Å². The molecule has 0 heterocycles. The SMILES string of the molecule is CC(C)(N)CNC(=O)c1ccc(CSc2ccc(Cl)cc2)cc1.Cl. The summed E-state index contributed by atoms with van der Waals surface area (Å²) in [6, 6.07) is 15.4. The molecule has 0 unspecified atom stereocenters. The van der Waals surface area contributed by atoms with Gasteiger partial charge in [-0.15, -0.1) is 24.2 Å². The molecule has 1 amide bonds. The van der Waals surface area contributed by atoms with Crippen LogP contribution in [0.2, 0.25) is 5.02 Å². The van der Waals surface area contributed by atoms with Crippen molar-refractivity contribution in [3.8, 4) is 0 Å².